The highest BCUT2D eigenvalue weighted by Gasteiger charge is 2.16. The van der Waals surface area contributed by atoms with Gasteiger partial charge in [-0.2, -0.15) is 5.26 Å². The van der Waals surface area contributed by atoms with Crippen molar-refractivity contribution in [3.8, 4) is 11.8 Å². The Hall–Kier alpha value is -1.49. The highest BCUT2D eigenvalue weighted by molar-refractivity contribution is 5.38. The van der Waals surface area contributed by atoms with Crippen molar-refractivity contribution in [2.45, 2.75) is 59.8 Å². The first kappa shape index (κ1) is 16.6. The van der Waals surface area contributed by atoms with Crippen LogP contribution in [0.1, 0.15) is 58.6 Å². The highest BCUT2D eigenvalue weighted by atomic mass is 16.5. The quantitative estimate of drug-likeness (QED) is 0.707. The molecule has 110 valence electrons. The van der Waals surface area contributed by atoms with Crippen LogP contribution in [0, 0.1) is 23.7 Å². The van der Waals surface area contributed by atoms with E-state index in [1.807, 2.05) is 13.8 Å². The summed E-state index contributed by atoms with van der Waals surface area (Å²) in [5, 5.41) is 8.97. The number of nitrogens with zero attached hydrogens (tertiary/aromatic N) is 1. The maximum atomic E-state index is 8.97. The normalized spacial score (nSPS) is 12.1. The van der Waals surface area contributed by atoms with Crippen molar-refractivity contribution in [3.05, 3.63) is 29.3 Å². The first-order valence-electron chi connectivity index (χ1n) is 7.31. The van der Waals surface area contributed by atoms with Gasteiger partial charge in [0.2, 0.25) is 0 Å². The summed E-state index contributed by atoms with van der Waals surface area (Å²) in [5.41, 5.74) is 2.42. The van der Waals surface area contributed by atoms with E-state index in [2.05, 4.69) is 52.0 Å². The third-order valence-corrected chi connectivity index (χ3v) is 3.55. The molecule has 1 rings (SSSR count). The maximum absolute atomic E-state index is 8.97. The van der Waals surface area contributed by atoms with Gasteiger partial charge in [0.15, 0.2) is 0 Å². The molecule has 0 saturated heterocycles. The first-order valence-corrected chi connectivity index (χ1v) is 7.31. The second kappa shape index (κ2) is 6.31. The number of hydrogen-bond acceptors (Lipinski definition) is 2. The lowest BCUT2D eigenvalue weighted by molar-refractivity contribution is 0.282. The molecule has 0 aromatic heterocycles. The second-order valence-corrected chi connectivity index (χ2v) is 7.18. The van der Waals surface area contributed by atoms with Crippen LogP contribution in [0.15, 0.2) is 18.2 Å². The number of benzene rings is 1. The molecule has 0 bridgehead atoms. The molecule has 1 aromatic carbocycles. The van der Waals surface area contributed by atoms with Crippen LogP contribution in [0.5, 0.6) is 5.75 Å². The monoisotopic (exact) mass is 273 g/mol. The number of ether oxygens (including phenoxy) is 1. The van der Waals surface area contributed by atoms with E-state index in [-0.39, 0.29) is 10.8 Å². The molecule has 0 fully saturated rings. The molecular weight excluding hydrogens is 246 g/mol. The third-order valence-electron chi connectivity index (χ3n) is 3.55. The van der Waals surface area contributed by atoms with E-state index in [0.29, 0.717) is 6.61 Å². The van der Waals surface area contributed by atoms with Crippen LogP contribution in [0.3, 0.4) is 0 Å². The minimum Gasteiger partial charge on any atom is -0.493 e. The molecule has 1 aromatic rings. The van der Waals surface area contributed by atoms with Gasteiger partial charge >= 0.3 is 0 Å². The molecule has 0 aliphatic rings. The molecule has 0 amide bonds. The van der Waals surface area contributed by atoms with E-state index >= 15 is 0 Å². The van der Waals surface area contributed by atoms with Crippen LogP contribution in [-0.4, -0.2) is 6.61 Å². The topological polar surface area (TPSA) is 33.0 Å². The van der Waals surface area contributed by atoms with Crippen LogP contribution in [0.25, 0.3) is 0 Å². The van der Waals surface area contributed by atoms with Gasteiger partial charge in [-0.05, 0) is 56.2 Å². The second-order valence-electron chi connectivity index (χ2n) is 7.18. The lowest BCUT2D eigenvalue weighted by atomic mass is 9.86. The van der Waals surface area contributed by atoms with E-state index < -0.39 is 0 Å². The molecule has 0 radical (unpaired) electrons. The summed E-state index contributed by atoms with van der Waals surface area (Å²) in [6.07, 6.45) is 1.77. The summed E-state index contributed by atoms with van der Waals surface area (Å²) in [6.45, 7) is 13.3. The van der Waals surface area contributed by atoms with Crippen LogP contribution < -0.4 is 4.74 Å². The van der Waals surface area contributed by atoms with Crippen molar-refractivity contribution in [3.63, 3.8) is 0 Å². The van der Waals surface area contributed by atoms with Crippen molar-refractivity contribution in [1.82, 2.24) is 0 Å². The Labute approximate surface area is 123 Å². The lowest BCUT2D eigenvalue weighted by Crippen LogP contribution is -2.12. The molecule has 0 aliphatic heterocycles. The molecule has 0 heterocycles. The Balaban J connectivity index is 2.56. The third kappa shape index (κ3) is 4.89. The highest BCUT2D eigenvalue weighted by Crippen LogP contribution is 2.28. The smallest absolute Gasteiger partial charge is 0.122 e. The summed E-state index contributed by atoms with van der Waals surface area (Å²) in [7, 11) is 0. The zero-order valence-corrected chi connectivity index (χ0v) is 13.7. The predicted octanol–water partition coefficient (Wildman–Crippen LogP) is 5.00. The molecule has 2 nitrogen and oxygen atoms in total. The van der Waals surface area contributed by atoms with Crippen LogP contribution in [0.4, 0.5) is 0 Å². The molecule has 0 atom stereocenters. The van der Waals surface area contributed by atoms with Gasteiger partial charge in [-0.15, -0.1) is 0 Å². The Morgan fingerprint density at radius 2 is 1.80 bits per heavy atom. The summed E-state index contributed by atoms with van der Waals surface area (Å²) in [5.74, 6) is 0.952. The van der Waals surface area contributed by atoms with Gasteiger partial charge in [0.05, 0.1) is 18.1 Å². The number of rotatable bonds is 5. The van der Waals surface area contributed by atoms with Crippen LogP contribution >= 0.6 is 0 Å². The number of hydrogen-bond donors (Lipinski definition) is 0. The Kier molecular flexibility index (Phi) is 5.22. The van der Waals surface area contributed by atoms with Gasteiger partial charge in [0.1, 0.15) is 5.75 Å². The van der Waals surface area contributed by atoms with Crippen molar-refractivity contribution in [2.75, 3.05) is 6.61 Å². The van der Waals surface area contributed by atoms with Gasteiger partial charge in [-0.25, -0.2) is 0 Å². The first-order chi connectivity index (χ1) is 9.15. The fourth-order valence-corrected chi connectivity index (χ4v) is 2.03. The van der Waals surface area contributed by atoms with Gasteiger partial charge in [-0.3, -0.25) is 0 Å². The Morgan fingerprint density at radius 3 is 2.30 bits per heavy atom. The number of aryl methyl sites for hydroxylation is 1. The van der Waals surface area contributed by atoms with Crippen LogP contribution in [0.2, 0.25) is 0 Å². The Morgan fingerprint density at radius 1 is 1.15 bits per heavy atom. The van der Waals surface area contributed by atoms with Crippen LogP contribution in [-0.2, 0) is 5.41 Å². The molecule has 0 spiro atoms. The molecule has 0 N–H and O–H groups in total. The van der Waals surface area contributed by atoms with E-state index in [1.165, 1.54) is 11.1 Å². The van der Waals surface area contributed by atoms with E-state index in [9.17, 15) is 0 Å². The maximum Gasteiger partial charge on any atom is 0.122 e. The van der Waals surface area contributed by atoms with Crippen molar-refractivity contribution < 1.29 is 4.74 Å². The van der Waals surface area contributed by atoms with Crippen molar-refractivity contribution in [2.24, 2.45) is 5.41 Å². The van der Waals surface area contributed by atoms with Gasteiger partial charge in [-0.1, -0.05) is 32.9 Å². The van der Waals surface area contributed by atoms with Gasteiger partial charge in [0.25, 0.3) is 0 Å². The van der Waals surface area contributed by atoms with E-state index in [4.69, 9.17) is 10.00 Å². The summed E-state index contributed by atoms with van der Waals surface area (Å²) >= 11 is 0. The van der Waals surface area contributed by atoms with E-state index in [0.717, 1.165) is 18.6 Å². The van der Waals surface area contributed by atoms with Gasteiger partial charge in [0, 0.05) is 0 Å². The molecule has 0 aliphatic carbocycles. The molecule has 0 unspecified atom stereocenters. The van der Waals surface area contributed by atoms with E-state index in [1.54, 1.807) is 0 Å². The van der Waals surface area contributed by atoms with Gasteiger partial charge < -0.3 is 4.74 Å². The molecule has 2 heteroatoms. The van der Waals surface area contributed by atoms with Crippen molar-refractivity contribution >= 4 is 0 Å². The fourth-order valence-electron chi connectivity index (χ4n) is 2.03. The summed E-state index contributed by atoms with van der Waals surface area (Å²) in [6, 6.07) is 8.72. The summed E-state index contributed by atoms with van der Waals surface area (Å²) in [4.78, 5) is 0. The zero-order valence-electron chi connectivity index (χ0n) is 13.7. The molecule has 0 saturated carbocycles. The number of nitriles is 1. The predicted molar refractivity (Wildman–Crippen MR) is 84.0 cm³/mol. The average molecular weight is 273 g/mol. The largest absolute Gasteiger partial charge is 0.493 e. The fraction of sp³-hybridized carbons (Fsp3) is 0.611. The average Bonchev–Trinajstić information content (AvgIpc) is 2.35. The minimum absolute atomic E-state index is 0.167. The minimum atomic E-state index is -0.255. The summed E-state index contributed by atoms with van der Waals surface area (Å²) < 4.78 is 5.83. The van der Waals surface area contributed by atoms with Crippen molar-refractivity contribution in [1.29, 1.82) is 5.26 Å². The Bertz CT molecular complexity index is 489. The zero-order chi connectivity index (χ0) is 15.4. The SMILES string of the molecule is Cc1cc(C(C)(C)C)ccc1OCCCC(C)(C)C#N. The molecular formula is C18H27NO. The molecule has 20 heavy (non-hydrogen) atoms. The standard InChI is InChI=1S/C18H27NO/c1-14-12-15(17(2,3)4)8-9-16(14)20-11-7-10-18(5,6)13-19/h8-9,12H,7,10-11H2,1-6H3. The lowest BCUT2D eigenvalue weighted by Gasteiger charge is -2.21.